The van der Waals surface area contributed by atoms with E-state index in [1.54, 1.807) is 17.4 Å². The molecular formula is C26H22N4O3S. The molecule has 6 rings (SSSR count). The number of benzene rings is 1. The van der Waals surface area contributed by atoms with Crippen molar-refractivity contribution in [1.29, 1.82) is 0 Å². The maximum Gasteiger partial charge on any atom is 0.155 e. The summed E-state index contributed by atoms with van der Waals surface area (Å²) in [4.78, 5) is 11.2. The molecule has 0 unspecified atom stereocenters. The number of fused-ring (bicyclic) bond motifs is 2. The van der Waals surface area contributed by atoms with E-state index in [0.29, 0.717) is 27.8 Å². The van der Waals surface area contributed by atoms with Crippen LogP contribution in [0.5, 0.6) is 5.75 Å². The molecule has 7 nitrogen and oxygen atoms in total. The zero-order chi connectivity index (χ0) is 22.9. The Morgan fingerprint density at radius 2 is 1.97 bits per heavy atom. The number of nitrogens with zero attached hydrogens (tertiary/aromatic N) is 4. The molecule has 8 heteroatoms. The topological polar surface area (TPSA) is 84.0 Å². The lowest BCUT2D eigenvalue weighted by molar-refractivity contribution is 0.171. The number of hydrogen-bond donors (Lipinski definition) is 1. The van der Waals surface area contributed by atoms with Crippen molar-refractivity contribution in [3.63, 3.8) is 0 Å². The van der Waals surface area contributed by atoms with Crippen molar-refractivity contribution in [2.75, 3.05) is 18.0 Å². The van der Waals surface area contributed by atoms with Crippen LogP contribution >= 0.6 is 11.3 Å². The quantitative estimate of drug-likeness (QED) is 0.278. The Balaban J connectivity index is 1.23. The van der Waals surface area contributed by atoms with Gasteiger partial charge in [0.25, 0.3) is 0 Å². The highest BCUT2D eigenvalue weighted by Crippen LogP contribution is 2.29. The molecule has 0 bridgehead atoms. The number of hydrogen-bond acceptors (Lipinski definition) is 8. The highest BCUT2D eigenvalue weighted by Gasteiger charge is 2.21. The minimum absolute atomic E-state index is 0.116. The standard InChI is InChI=1S/C26H22N4O3S/c31-29-21-14-24(22-15-25-17(16-28-22)8-12-34-25)33-23-5-4-19(13-20(21)23)32-18-6-10-30(11-7-18)26-3-1-2-9-27-26/h1-5,8-9,12-16,18,31H,6-7,10-11H2/b29-21+. The summed E-state index contributed by atoms with van der Waals surface area (Å²) in [6, 6.07) is 17.3. The molecule has 0 atom stereocenters. The average Bonchev–Trinajstić information content (AvgIpc) is 3.37. The Hall–Kier alpha value is -3.91. The molecule has 1 fully saturated rings. The van der Waals surface area contributed by atoms with Gasteiger partial charge in [0.15, 0.2) is 5.76 Å². The summed E-state index contributed by atoms with van der Waals surface area (Å²) in [5.41, 5.74) is 1.30. The van der Waals surface area contributed by atoms with E-state index in [-0.39, 0.29) is 6.10 Å². The molecule has 0 aliphatic carbocycles. The molecule has 1 aliphatic heterocycles. The lowest BCUT2D eigenvalue weighted by atomic mass is 10.1. The van der Waals surface area contributed by atoms with Crippen molar-refractivity contribution in [2.24, 2.45) is 5.16 Å². The van der Waals surface area contributed by atoms with Crippen molar-refractivity contribution in [1.82, 2.24) is 9.97 Å². The summed E-state index contributed by atoms with van der Waals surface area (Å²) in [7, 11) is 0. The van der Waals surface area contributed by atoms with Crippen molar-refractivity contribution in [2.45, 2.75) is 18.9 Å². The molecule has 0 saturated carbocycles. The second-order valence-electron chi connectivity index (χ2n) is 8.27. The molecule has 5 aromatic rings. The van der Waals surface area contributed by atoms with Crippen LogP contribution in [0.25, 0.3) is 32.5 Å². The molecule has 5 heterocycles. The number of anilines is 1. The van der Waals surface area contributed by atoms with Crippen LogP contribution in [0.1, 0.15) is 12.8 Å². The minimum atomic E-state index is 0.116. The first-order valence-electron chi connectivity index (χ1n) is 11.2. The Kier molecular flexibility index (Phi) is 5.35. The van der Waals surface area contributed by atoms with E-state index in [2.05, 4.69) is 20.0 Å². The molecule has 0 amide bonds. The van der Waals surface area contributed by atoms with Crippen LogP contribution in [0.4, 0.5) is 5.82 Å². The van der Waals surface area contributed by atoms with E-state index in [4.69, 9.17) is 9.15 Å². The van der Waals surface area contributed by atoms with Crippen LogP contribution in [0, 0.1) is 0 Å². The van der Waals surface area contributed by atoms with Gasteiger partial charge in [-0.25, -0.2) is 4.98 Å². The minimum Gasteiger partial charge on any atom is -0.490 e. The maximum absolute atomic E-state index is 9.71. The lowest BCUT2D eigenvalue weighted by Crippen LogP contribution is -2.38. The van der Waals surface area contributed by atoms with Gasteiger partial charge in [-0.2, -0.15) is 0 Å². The third-order valence-electron chi connectivity index (χ3n) is 6.13. The molecular weight excluding hydrogens is 448 g/mol. The third-order valence-corrected chi connectivity index (χ3v) is 7.01. The number of ether oxygens (including phenoxy) is 1. The number of piperidine rings is 1. The fraction of sp³-hybridized carbons (Fsp3) is 0.192. The predicted octanol–water partition coefficient (Wildman–Crippen LogP) is 5.44. The number of thiophene rings is 1. The molecule has 0 radical (unpaired) electrons. The summed E-state index contributed by atoms with van der Waals surface area (Å²) in [5, 5.41) is 17.5. The van der Waals surface area contributed by atoms with Crippen molar-refractivity contribution in [3.05, 3.63) is 77.7 Å². The zero-order valence-corrected chi connectivity index (χ0v) is 19.1. The van der Waals surface area contributed by atoms with Crippen molar-refractivity contribution < 1.29 is 14.4 Å². The molecule has 1 aliphatic rings. The van der Waals surface area contributed by atoms with Gasteiger partial charge in [0, 0.05) is 54.5 Å². The van der Waals surface area contributed by atoms with E-state index in [9.17, 15) is 5.21 Å². The second kappa shape index (κ2) is 8.79. The smallest absolute Gasteiger partial charge is 0.155 e. The fourth-order valence-electron chi connectivity index (χ4n) is 4.36. The molecule has 4 aromatic heterocycles. The van der Waals surface area contributed by atoms with Crippen molar-refractivity contribution >= 4 is 38.2 Å². The molecule has 34 heavy (non-hydrogen) atoms. The van der Waals surface area contributed by atoms with Crippen LogP contribution in [0.2, 0.25) is 0 Å². The average molecular weight is 471 g/mol. The number of aromatic nitrogens is 2. The SMILES string of the molecule is O/N=c1\cc(-c2cc3sccc3cn2)oc2ccc(OC3CCN(c4ccccn4)CC3)cc12. The van der Waals surface area contributed by atoms with Gasteiger partial charge >= 0.3 is 0 Å². The van der Waals surface area contributed by atoms with E-state index >= 15 is 0 Å². The van der Waals surface area contributed by atoms with E-state index in [1.807, 2.05) is 66.3 Å². The van der Waals surface area contributed by atoms with Gasteiger partial charge in [-0.15, -0.1) is 11.3 Å². The number of pyridine rings is 2. The molecule has 1 aromatic carbocycles. The van der Waals surface area contributed by atoms with Gasteiger partial charge in [-0.3, -0.25) is 4.98 Å². The van der Waals surface area contributed by atoms with Gasteiger partial charge in [0.2, 0.25) is 0 Å². The van der Waals surface area contributed by atoms with Gasteiger partial charge < -0.3 is 19.3 Å². The maximum atomic E-state index is 9.71. The Morgan fingerprint density at radius 3 is 2.79 bits per heavy atom. The van der Waals surface area contributed by atoms with Crippen LogP contribution < -0.4 is 15.0 Å². The first-order valence-corrected chi connectivity index (χ1v) is 12.1. The molecule has 1 saturated heterocycles. The second-order valence-corrected chi connectivity index (χ2v) is 9.22. The highest BCUT2D eigenvalue weighted by atomic mass is 32.1. The number of rotatable bonds is 4. The fourth-order valence-corrected chi connectivity index (χ4v) is 5.15. The first-order chi connectivity index (χ1) is 16.8. The van der Waals surface area contributed by atoms with E-state index < -0.39 is 0 Å². The first kappa shape index (κ1) is 20.7. The van der Waals surface area contributed by atoms with Crippen LogP contribution in [-0.2, 0) is 0 Å². The normalized spacial score (nSPS) is 15.3. The van der Waals surface area contributed by atoms with E-state index in [0.717, 1.165) is 47.6 Å². The highest BCUT2D eigenvalue weighted by molar-refractivity contribution is 7.17. The largest absolute Gasteiger partial charge is 0.490 e. The molecule has 170 valence electrons. The van der Waals surface area contributed by atoms with Gasteiger partial charge in [0.05, 0.1) is 5.39 Å². The van der Waals surface area contributed by atoms with Gasteiger partial charge in [-0.1, -0.05) is 11.2 Å². The summed E-state index contributed by atoms with van der Waals surface area (Å²) in [5.74, 6) is 2.28. The Labute approximate surface area is 199 Å². The monoisotopic (exact) mass is 470 g/mol. The summed E-state index contributed by atoms with van der Waals surface area (Å²) in [6.45, 7) is 1.79. The molecule has 1 N–H and O–H groups in total. The molecule has 0 spiro atoms. The van der Waals surface area contributed by atoms with Crippen LogP contribution in [0.3, 0.4) is 0 Å². The van der Waals surface area contributed by atoms with Crippen LogP contribution in [0.15, 0.2) is 81.9 Å². The Bertz CT molecular complexity index is 1520. The van der Waals surface area contributed by atoms with E-state index in [1.165, 1.54) is 0 Å². The Morgan fingerprint density at radius 1 is 1.06 bits per heavy atom. The summed E-state index contributed by atoms with van der Waals surface area (Å²) < 4.78 is 13.5. The zero-order valence-electron chi connectivity index (χ0n) is 18.3. The van der Waals surface area contributed by atoms with Crippen molar-refractivity contribution in [3.8, 4) is 17.2 Å². The van der Waals surface area contributed by atoms with Gasteiger partial charge in [-0.05, 0) is 47.8 Å². The van der Waals surface area contributed by atoms with Gasteiger partial charge in [0.1, 0.15) is 34.3 Å². The lowest BCUT2D eigenvalue weighted by Gasteiger charge is -2.32. The third kappa shape index (κ3) is 3.97. The summed E-state index contributed by atoms with van der Waals surface area (Å²) in [6.07, 6.45) is 5.58. The predicted molar refractivity (Wildman–Crippen MR) is 132 cm³/mol. The van der Waals surface area contributed by atoms with Crippen LogP contribution in [-0.4, -0.2) is 34.4 Å². The summed E-state index contributed by atoms with van der Waals surface area (Å²) >= 11 is 1.65.